The second-order valence-corrected chi connectivity index (χ2v) is 9.87. The molecule has 0 bridgehead atoms. The van der Waals surface area contributed by atoms with Gasteiger partial charge in [0.15, 0.2) is 5.76 Å². The van der Waals surface area contributed by atoms with Gasteiger partial charge in [-0.2, -0.15) is 5.10 Å². The molecule has 0 radical (unpaired) electrons. The lowest BCUT2D eigenvalue weighted by atomic mass is 10.1. The van der Waals surface area contributed by atoms with Crippen LogP contribution in [0.1, 0.15) is 54.0 Å². The summed E-state index contributed by atoms with van der Waals surface area (Å²) in [6, 6.07) is 19.5. The molecule has 0 fully saturated rings. The zero-order valence-corrected chi connectivity index (χ0v) is 22.4. The maximum Gasteiger partial charge on any atom is 0.311 e. The minimum absolute atomic E-state index is 0.0462. The van der Waals surface area contributed by atoms with E-state index >= 15 is 0 Å². The molecule has 202 valence electrons. The van der Waals surface area contributed by atoms with Gasteiger partial charge in [-0.25, -0.2) is 5.43 Å². The Morgan fingerprint density at radius 2 is 1.74 bits per heavy atom. The summed E-state index contributed by atoms with van der Waals surface area (Å²) < 4.78 is 19.3. The Balaban J connectivity index is 1.36. The van der Waals surface area contributed by atoms with Crippen LogP contribution in [0.3, 0.4) is 0 Å². The van der Waals surface area contributed by atoms with Crippen molar-refractivity contribution in [3.05, 3.63) is 105 Å². The van der Waals surface area contributed by atoms with Crippen molar-refractivity contribution in [2.75, 3.05) is 0 Å². The monoisotopic (exact) mass is 530 g/mol. The first-order chi connectivity index (χ1) is 18.5. The number of furan rings is 1. The minimum atomic E-state index is -0.673. The van der Waals surface area contributed by atoms with E-state index < -0.39 is 16.4 Å². The van der Waals surface area contributed by atoms with Crippen molar-refractivity contribution in [2.24, 2.45) is 5.10 Å². The molecule has 0 aliphatic heterocycles. The summed E-state index contributed by atoms with van der Waals surface area (Å²) in [5.41, 5.74) is 5.19. The number of carbonyl (C=O) groups is 1. The van der Waals surface area contributed by atoms with Crippen LogP contribution in [0.2, 0.25) is 0 Å². The van der Waals surface area contributed by atoms with Gasteiger partial charge in [-0.05, 0) is 89.2 Å². The van der Waals surface area contributed by atoms with Crippen LogP contribution in [-0.4, -0.2) is 27.2 Å². The van der Waals surface area contributed by atoms with Gasteiger partial charge in [0.1, 0.15) is 23.7 Å². The number of aryl methyl sites for hydroxylation is 2. The van der Waals surface area contributed by atoms with Gasteiger partial charge in [0.2, 0.25) is 5.75 Å². The predicted molar refractivity (Wildman–Crippen MR) is 147 cm³/mol. The summed E-state index contributed by atoms with van der Waals surface area (Å²) in [5, 5.41) is 15.4. The summed E-state index contributed by atoms with van der Waals surface area (Å²) >= 11 is 0. The van der Waals surface area contributed by atoms with Gasteiger partial charge >= 0.3 is 11.6 Å². The molecule has 2 aromatic heterocycles. The molecule has 1 amide bonds. The molecule has 0 unspecified atom stereocenters. The summed E-state index contributed by atoms with van der Waals surface area (Å²) in [6.07, 6.45) is 1.29. The van der Waals surface area contributed by atoms with Crippen LogP contribution in [0.15, 0.2) is 76.2 Å². The van der Waals surface area contributed by atoms with Crippen molar-refractivity contribution < 1.29 is 23.6 Å². The Morgan fingerprint density at radius 3 is 2.38 bits per heavy atom. The number of nitrogens with zero attached hydrogens (tertiary/aromatic N) is 3. The van der Waals surface area contributed by atoms with Gasteiger partial charge in [-0.15, -0.1) is 0 Å². The number of nitrogens with one attached hydrogen (secondary N) is 1. The first kappa shape index (κ1) is 27.2. The molecule has 2 heterocycles. The lowest BCUT2D eigenvalue weighted by molar-refractivity contribution is -0.386. The van der Waals surface area contributed by atoms with Gasteiger partial charge in [-0.1, -0.05) is 6.07 Å². The second kappa shape index (κ2) is 11.3. The van der Waals surface area contributed by atoms with Gasteiger partial charge in [0.25, 0.3) is 0 Å². The Hall–Kier alpha value is -4.86. The molecule has 0 saturated heterocycles. The SMILES string of the molecule is Cc1ccc(C)n1-c1ccc(OCc2ccc(C(=O)N/N=C/c3cccc([N+](=O)[O-])c3OC(C)(C)C)o2)cc1. The van der Waals surface area contributed by atoms with Crippen molar-refractivity contribution in [2.45, 2.75) is 46.8 Å². The number of benzene rings is 2. The van der Waals surface area contributed by atoms with E-state index in [0.29, 0.717) is 17.1 Å². The molecule has 0 aliphatic rings. The van der Waals surface area contributed by atoms with Gasteiger partial charge < -0.3 is 18.5 Å². The molecule has 39 heavy (non-hydrogen) atoms. The second-order valence-electron chi connectivity index (χ2n) is 9.87. The molecule has 0 spiro atoms. The standard InChI is InChI=1S/C29H30N4O6/c1-19-9-10-20(2)32(19)22-11-13-23(14-12-22)37-18-24-15-16-26(38-24)28(34)31-30-17-21-7-6-8-25(33(35)36)27(21)39-29(3,4)5/h6-17H,18H2,1-5H3,(H,31,34)/b30-17+. The highest BCUT2D eigenvalue weighted by Crippen LogP contribution is 2.33. The van der Waals surface area contributed by atoms with Crippen LogP contribution in [0.25, 0.3) is 5.69 Å². The van der Waals surface area contributed by atoms with E-state index in [1.807, 2.05) is 24.3 Å². The Bertz CT molecular complexity index is 1490. The molecule has 0 saturated carbocycles. The van der Waals surface area contributed by atoms with Gasteiger partial charge in [0, 0.05) is 28.7 Å². The highest BCUT2D eigenvalue weighted by molar-refractivity contribution is 5.93. The minimum Gasteiger partial charge on any atom is -0.486 e. The third-order valence-electron chi connectivity index (χ3n) is 5.63. The zero-order chi connectivity index (χ0) is 28.2. The zero-order valence-electron chi connectivity index (χ0n) is 22.4. The quantitative estimate of drug-likeness (QED) is 0.158. The lowest BCUT2D eigenvalue weighted by Gasteiger charge is -2.22. The highest BCUT2D eigenvalue weighted by Gasteiger charge is 2.23. The van der Waals surface area contributed by atoms with Crippen molar-refractivity contribution in [1.82, 2.24) is 9.99 Å². The number of hydrogen-bond acceptors (Lipinski definition) is 7. The molecule has 4 aromatic rings. The number of nitro benzene ring substituents is 1. The highest BCUT2D eigenvalue weighted by atomic mass is 16.6. The van der Waals surface area contributed by atoms with Gasteiger partial charge in [-0.3, -0.25) is 14.9 Å². The van der Waals surface area contributed by atoms with E-state index in [2.05, 4.69) is 41.1 Å². The van der Waals surface area contributed by atoms with Crippen LogP contribution in [0.5, 0.6) is 11.5 Å². The van der Waals surface area contributed by atoms with E-state index in [1.54, 1.807) is 32.9 Å². The number of carbonyl (C=O) groups excluding carboxylic acids is 1. The number of ether oxygens (including phenoxy) is 2. The number of rotatable bonds is 9. The summed E-state index contributed by atoms with van der Waals surface area (Å²) in [7, 11) is 0. The van der Waals surface area contributed by atoms with Gasteiger partial charge in [0.05, 0.1) is 11.1 Å². The number of amides is 1. The van der Waals surface area contributed by atoms with Crippen molar-refractivity contribution in [3.8, 4) is 17.2 Å². The molecule has 0 aliphatic carbocycles. The van der Waals surface area contributed by atoms with Crippen molar-refractivity contribution in [1.29, 1.82) is 0 Å². The van der Waals surface area contributed by atoms with E-state index in [4.69, 9.17) is 13.9 Å². The normalized spacial score (nSPS) is 11.5. The van der Waals surface area contributed by atoms with Crippen LogP contribution in [0, 0.1) is 24.0 Å². The average molecular weight is 531 g/mol. The van der Waals surface area contributed by atoms with Crippen molar-refractivity contribution >= 4 is 17.8 Å². The molecule has 10 heteroatoms. The molecule has 2 aromatic carbocycles. The van der Waals surface area contributed by atoms with E-state index in [1.165, 1.54) is 24.4 Å². The predicted octanol–water partition coefficient (Wildman–Crippen LogP) is 6.12. The van der Waals surface area contributed by atoms with Crippen LogP contribution < -0.4 is 14.9 Å². The number of hydrazone groups is 1. The van der Waals surface area contributed by atoms with E-state index in [9.17, 15) is 14.9 Å². The van der Waals surface area contributed by atoms with Crippen LogP contribution in [-0.2, 0) is 6.61 Å². The molecule has 0 atom stereocenters. The van der Waals surface area contributed by atoms with Crippen LogP contribution in [0.4, 0.5) is 5.69 Å². The average Bonchev–Trinajstić information content (AvgIpc) is 3.49. The maximum atomic E-state index is 12.5. The Kier molecular flexibility index (Phi) is 7.85. The van der Waals surface area contributed by atoms with Crippen molar-refractivity contribution in [3.63, 3.8) is 0 Å². The first-order valence-corrected chi connectivity index (χ1v) is 12.3. The molecular weight excluding hydrogens is 500 g/mol. The third-order valence-corrected chi connectivity index (χ3v) is 5.63. The number of aromatic nitrogens is 1. The summed E-state index contributed by atoms with van der Waals surface area (Å²) in [5.74, 6) is 0.660. The molecule has 1 N–H and O–H groups in total. The Morgan fingerprint density at radius 1 is 1.05 bits per heavy atom. The van der Waals surface area contributed by atoms with E-state index in [-0.39, 0.29) is 23.8 Å². The molecular formula is C29H30N4O6. The first-order valence-electron chi connectivity index (χ1n) is 12.3. The summed E-state index contributed by atoms with van der Waals surface area (Å²) in [4.78, 5) is 23.4. The maximum absolute atomic E-state index is 12.5. The molecule has 10 nitrogen and oxygen atoms in total. The fourth-order valence-electron chi connectivity index (χ4n) is 3.92. The third kappa shape index (κ3) is 6.72. The van der Waals surface area contributed by atoms with Crippen LogP contribution >= 0.6 is 0 Å². The topological polar surface area (TPSA) is 121 Å². The number of nitro groups is 1. The fraction of sp³-hybridized carbons (Fsp3) is 0.241. The lowest BCUT2D eigenvalue weighted by Crippen LogP contribution is -2.24. The summed E-state index contributed by atoms with van der Waals surface area (Å²) in [6.45, 7) is 9.60. The number of hydrogen-bond donors (Lipinski definition) is 1. The van der Waals surface area contributed by atoms with E-state index in [0.717, 1.165) is 17.1 Å². The smallest absolute Gasteiger partial charge is 0.311 e. The largest absolute Gasteiger partial charge is 0.486 e. The molecule has 4 rings (SSSR count). The fourth-order valence-corrected chi connectivity index (χ4v) is 3.92. The Labute approximate surface area is 226 Å². The number of para-hydroxylation sites is 1.